The predicted molar refractivity (Wildman–Crippen MR) is 117 cm³/mol. The zero-order chi connectivity index (χ0) is 22.5. The van der Waals surface area contributed by atoms with E-state index < -0.39 is 4.92 Å². The standard InChI is InChI=1S/C22H20ClN3O5/c1-14-10-17(6-7-19(14)26(28)29)31-13-16-11-15(5-9-21(16)30-3)4-8-20(27)22-18(23)12-25(2)24-22/h4-12H,13H2,1-3H3. The highest BCUT2D eigenvalue weighted by Gasteiger charge is 2.13. The lowest BCUT2D eigenvalue weighted by molar-refractivity contribution is -0.385. The summed E-state index contributed by atoms with van der Waals surface area (Å²) in [7, 11) is 3.24. The van der Waals surface area contributed by atoms with Gasteiger partial charge in [0.2, 0.25) is 5.78 Å². The number of carbonyl (C=O) groups excluding carboxylic acids is 1. The molecule has 1 aromatic heterocycles. The lowest BCUT2D eigenvalue weighted by atomic mass is 10.1. The van der Waals surface area contributed by atoms with Gasteiger partial charge >= 0.3 is 0 Å². The highest BCUT2D eigenvalue weighted by Crippen LogP contribution is 2.26. The number of rotatable bonds is 8. The average molecular weight is 442 g/mol. The number of carbonyl (C=O) groups is 1. The van der Waals surface area contributed by atoms with Crippen molar-refractivity contribution in [1.82, 2.24) is 9.78 Å². The van der Waals surface area contributed by atoms with Crippen LogP contribution in [0.3, 0.4) is 0 Å². The number of allylic oxidation sites excluding steroid dienone is 1. The first-order valence-corrected chi connectivity index (χ1v) is 9.62. The lowest BCUT2D eigenvalue weighted by Gasteiger charge is -2.12. The summed E-state index contributed by atoms with van der Waals surface area (Å²) in [4.78, 5) is 22.9. The van der Waals surface area contributed by atoms with E-state index in [1.165, 1.54) is 16.8 Å². The van der Waals surface area contributed by atoms with Crippen LogP contribution in [0.4, 0.5) is 5.69 Å². The summed E-state index contributed by atoms with van der Waals surface area (Å²) in [6, 6.07) is 10.00. The van der Waals surface area contributed by atoms with Crippen molar-refractivity contribution in [1.29, 1.82) is 0 Å². The van der Waals surface area contributed by atoms with E-state index in [9.17, 15) is 14.9 Å². The predicted octanol–water partition coefficient (Wildman–Crippen LogP) is 4.77. The van der Waals surface area contributed by atoms with Crippen molar-refractivity contribution in [2.75, 3.05) is 7.11 Å². The molecule has 31 heavy (non-hydrogen) atoms. The SMILES string of the molecule is COc1ccc(C=CC(=O)c2nn(C)cc2Cl)cc1COc1ccc([N+](=O)[O-])c(C)c1. The lowest BCUT2D eigenvalue weighted by Crippen LogP contribution is -2.01. The van der Waals surface area contributed by atoms with Crippen molar-refractivity contribution >= 4 is 29.1 Å². The van der Waals surface area contributed by atoms with Gasteiger partial charge in [-0.15, -0.1) is 0 Å². The van der Waals surface area contributed by atoms with Crippen LogP contribution < -0.4 is 9.47 Å². The summed E-state index contributed by atoms with van der Waals surface area (Å²) < 4.78 is 12.7. The van der Waals surface area contributed by atoms with Crippen molar-refractivity contribution in [2.24, 2.45) is 7.05 Å². The molecule has 0 spiro atoms. The molecule has 0 aliphatic carbocycles. The van der Waals surface area contributed by atoms with Crippen LogP contribution in [-0.2, 0) is 13.7 Å². The van der Waals surface area contributed by atoms with E-state index in [4.69, 9.17) is 21.1 Å². The Balaban J connectivity index is 1.76. The van der Waals surface area contributed by atoms with Crippen molar-refractivity contribution in [3.05, 3.63) is 86.2 Å². The Morgan fingerprint density at radius 1 is 1.29 bits per heavy atom. The molecule has 9 heteroatoms. The quantitative estimate of drug-likeness (QED) is 0.216. The van der Waals surface area contributed by atoms with E-state index in [2.05, 4.69) is 5.10 Å². The minimum absolute atomic E-state index is 0.0368. The second kappa shape index (κ2) is 9.44. The number of nitro groups is 1. The van der Waals surface area contributed by atoms with Crippen LogP contribution in [0.15, 0.2) is 48.7 Å². The first kappa shape index (κ1) is 22.0. The fourth-order valence-corrected chi connectivity index (χ4v) is 3.25. The van der Waals surface area contributed by atoms with Gasteiger partial charge in [-0.3, -0.25) is 19.6 Å². The number of methoxy groups -OCH3 is 1. The highest BCUT2D eigenvalue weighted by atomic mass is 35.5. The zero-order valence-corrected chi connectivity index (χ0v) is 17.9. The van der Waals surface area contributed by atoms with Gasteiger partial charge in [-0.2, -0.15) is 5.10 Å². The number of halogens is 1. The monoisotopic (exact) mass is 441 g/mol. The van der Waals surface area contributed by atoms with E-state index in [0.29, 0.717) is 22.1 Å². The number of ether oxygens (including phenoxy) is 2. The number of hydrogen-bond donors (Lipinski definition) is 0. The molecule has 3 aromatic rings. The molecule has 0 aliphatic rings. The molecule has 0 amide bonds. The highest BCUT2D eigenvalue weighted by molar-refractivity contribution is 6.34. The molecule has 0 aliphatic heterocycles. The summed E-state index contributed by atoms with van der Waals surface area (Å²) in [6.45, 7) is 1.84. The minimum atomic E-state index is -0.433. The van der Waals surface area contributed by atoms with E-state index >= 15 is 0 Å². The number of aryl methyl sites for hydroxylation is 2. The molecule has 0 unspecified atom stereocenters. The number of aromatic nitrogens is 2. The Morgan fingerprint density at radius 3 is 2.68 bits per heavy atom. The Morgan fingerprint density at radius 2 is 2.06 bits per heavy atom. The van der Waals surface area contributed by atoms with Gasteiger partial charge < -0.3 is 9.47 Å². The largest absolute Gasteiger partial charge is 0.496 e. The van der Waals surface area contributed by atoms with Gasteiger partial charge in [-0.1, -0.05) is 23.7 Å². The Kier molecular flexibility index (Phi) is 6.71. The summed E-state index contributed by atoms with van der Waals surface area (Å²) in [5.41, 5.74) is 2.25. The smallest absolute Gasteiger partial charge is 0.272 e. The van der Waals surface area contributed by atoms with Crippen molar-refractivity contribution in [3.63, 3.8) is 0 Å². The minimum Gasteiger partial charge on any atom is -0.496 e. The first-order valence-electron chi connectivity index (χ1n) is 9.25. The fourth-order valence-electron chi connectivity index (χ4n) is 2.98. The number of benzene rings is 2. The van der Waals surface area contributed by atoms with Crippen molar-refractivity contribution in [3.8, 4) is 11.5 Å². The topological polar surface area (TPSA) is 96.5 Å². The first-order chi connectivity index (χ1) is 14.8. The van der Waals surface area contributed by atoms with E-state index in [1.807, 2.05) is 12.1 Å². The molecular formula is C22H20ClN3O5. The van der Waals surface area contributed by atoms with Gasteiger partial charge in [0, 0.05) is 30.4 Å². The van der Waals surface area contributed by atoms with E-state index in [-0.39, 0.29) is 23.8 Å². The van der Waals surface area contributed by atoms with E-state index in [1.54, 1.807) is 51.6 Å². The third-order valence-corrected chi connectivity index (χ3v) is 4.79. The van der Waals surface area contributed by atoms with E-state index in [0.717, 1.165) is 11.1 Å². The Bertz CT molecular complexity index is 1170. The maximum atomic E-state index is 12.3. The van der Waals surface area contributed by atoms with Crippen molar-refractivity contribution < 1.29 is 19.2 Å². The van der Waals surface area contributed by atoms with Gasteiger partial charge in [0.15, 0.2) is 5.69 Å². The number of hydrogen-bond acceptors (Lipinski definition) is 6. The van der Waals surface area contributed by atoms with Crippen LogP contribution in [0.2, 0.25) is 5.02 Å². The fraction of sp³-hybridized carbons (Fsp3) is 0.182. The van der Waals surface area contributed by atoms with Crippen LogP contribution in [0, 0.1) is 17.0 Å². The van der Waals surface area contributed by atoms with Gasteiger partial charge in [0.1, 0.15) is 18.1 Å². The molecule has 0 bridgehead atoms. The molecule has 0 atom stereocenters. The average Bonchev–Trinajstić information content (AvgIpc) is 3.08. The van der Waals surface area contributed by atoms with Crippen molar-refractivity contribution in [2.45, 2.75) is 13.5 Å². The van der Waals surface area contributed by atoms with Gasteiger partial charge in [0.05, 0.1) is 17.1 Å². The maximum Gasteiger partial charge on any atom is 0.272 e. The number of nitro benzene ring substituents is 1. The maximum absolute atomic E-state index is 12.3. The third-order valence-electron chi connectivity index (χ3n) is 4.51. The normalized spacial score (nSPS) is 11.0. The molecule has 160 valence electrons. The van der Waals surface area contributed by atoms with Crippen LogP contribution in [0.25, 0.3) is 6.08 Å². The second-order valence-electron chi connectivity index (χ2n) is 6.76. The van der Waals surface area contributed by atoms with Crippen LogP contribution in [-0.4, -0.2) is 27.6 Å². The van der Waals surface area contributed by atoms with Gasteiger partial charge in [-0.05, 0) is 42.8 Å². The zero-order valence-electron chi connectivity index (χ0n) is 17.2. The molecule has 8 nitrogen and oxygen atoms in total. The number of ketones is 1. The third kappa shape index (κ3) is 5.29. The molecule has 3 rings (SSSR count). The molecular weight excluding hydrogens is 422 g/mol. The molecule has 0 N–H and O–H groups in total. The van der Waals surface area contributed by atoms with Crippen LogP contribution in [0.5, 0.6) is 11.5 Å². The molecule has 0 saturated carbocycles. The Hall–Kier alpha value is -3.65. The second-order valence-corrected chi connectivity index (χ2v) is 7.17. The summed E-state index contributed by atoms with van der Waals surface area (Å²) in [5, 5.41) is 15.3. The summed E-state index contributed by atoms with van der Waals surface area (Å²) in [6.07, 6.45) is 4.62. The Labute approximate surface area is 183 Å². The molecule has 0 radical (unpaired) electrons. The van der Waals surface area contributed by atoms with Crippen LogP contribution in [0.1, 0.15) is 27.2 Å². The molecule has 0 fully saturated rings. The number of nitrogens with zero attached hydrogens (tertiary/aromatic N) is 3. The van der Waals surface area contributed by atoms with Gasteiger partial charge in [0.25, 0.3) is 5.69 Å². The van der Waals surface area contributed by atoms with Gasteiger partial charge in [-0.25, -0.2) is 0 Å². The summed E-state index contributed by atoms with van der Waals surface area (Å²) >= 11 is 6.02. The molecule has 0 saturated heterocycles. The summed E-state index contributed by atoms with van der Waals surface area (Å²) in [5.74, 6) is 0.821. The van der Waals surface area contributed by atoms with Crippen LogP contribution >= 0.6 is 11.6 Å². The molecule has 1 heterocycles. The molecule has 2 aromatic carbocycles.